The van der Waals surface area contributed by atoms with E-state index in [4.69, 9.17) is 9.41 Å². The van der Waals surface area contributed by atoms with Crippen LogP contribution in [0, 0.1) is 6.92 Å². The average molecular weight is 632 g/mol. The molecule has 6 nitrogen and oxygen atoms in total. The van der Waals surface area contributed by atoms with Gasteiger partial charge < -0.3 is 8.98 Å². The minimum atomic E-state index is -2.81. The van der Waals surface area contributed by atoms with Crippen molar-refractivity contribution in [3.05, 3.63) is 100 Å². The van der Waals surface area contributed by atoms with E-state index < -0.39 is 29.8 Å². The molecule has 0 saturated carbocycles. The number of benzene rings is 3. The SMILES string of the molecule is Cc1cc(C(C)N[S@+]([O-])C(C)(C)C)c2nc(C(C)(C)CO[Si](c3ccccc3)(c3ccccc3)C(C)(C)C)n(C)c(=O)c2c1. The fourth-order valence-electron chi connectivity index (χ4n) is 6.00. The van der Waals surface area contributed by atoms with Gasteiger partial charge in [-0.3, -0.25) is 9.36 Å². The molecule has 0 amide bonds. The lowest BCUT2D eigenvalue weighted by Crippen LogP contribution is -2.67. The van der Waals surface area contributed by atoms with Gasteiger partial charge in [-0.05, 0) is 61.7 Å². The summed E-state index contributed by atoms with van der Waals surface area (Å²) in [4.78, 5) is 19.1. The van der Waals surface area contributed by atoms with Crippen molar-refractivity contribution in [2.75, 3.05) is 6.61 Å². The maximum Gasteiger partial charge on any atom is 0.261 e. The van der Waals surface area contributed by atoms with Gasteiger partial charge >= 0.3 is 0 Å². The summed E-state index contributed by atoms with van der Waals surface area (Å²) in [6, 6.07) is 24.8. The van der Waals surface area contributed by atoms with Gasteiger partial charge in [0.05, 0.1) is 16.9 Å². The van der Waals surface area contributed by atoms with Gasteiger partial charge in [-0.1, -0.05) is 101 Å². The zero-order valence-electron chi connectivity index (χ0n) is 28.2. The van der Waals surface area contributed by atoms with E-state index in [-0.39, 0.29) is 16.6 Å². The Morgan fingerprint density at radius 2 is 1.45 bits per heavy atom. The van der Waals surface area contributed by atoms with Crippen LogP contribution in [0.4, 0.5) is 0 Å². The van der Waals surface area contributed by atoms with Gasteiger partial charge in [0.2, 0.25) is 0 Å². The zero-order valence-corrected chi connectivity index (χ0v) is 30.1. The Morgan fingerprint density at radius 3 is 1.93 bits per heavy atom. The van der Waals surface area contributed by atoms with E-state index in [0.717, 1.165) is 11.1 Å². The van der Waals surface area contributed by atoms with Gasteiger partial charge in [0.25, 0.3) is 13.9 Å². The summed E-state index contributed by atoms with van der Waals surface area (Å²) in [5, 5.41) is 2.80. The summed E-state index contributed by atoms with van der Waals surface area (Å²) in [5.74, 6) is 0.655. The molecule has 0 radical (unpaired) electrons. The lowest BCUT2D eigenvalue weighted by molar-refractivity contribution is 0.216. The number of nitrogens with zero attached hydrogens (tertiary/aromatic N) is 2. The minimum absolute atomic E-state index is 0.0994. The number of aryl methyl sites for hydroxylation is 1. The minimum Gasteiger partial charge on any atom is -0.598 e. The highest BCUT2D eigenvalue weighted by Gasteiger charge is 2.51. The molecule has 4 rings (SSSR count). The first-order chi connectivity index (χ1) is 20.4. The summed E-state index contributed by atoms with van der Waals surface area (Å²) in [7, 11) is -1.01. The van der Waals surface area contributed by atoms with Crippen LogP contribution in [0.25, 0.3) is 10.9 Å². The molecule has 0 fully saturated rings. The summed E-state index contributed by atoms with van der Waals surface area (Å²) in [6.45, 7) is 21.1. The van der Waals surface area contributed by atoms with E-state index in [9.17, 15) is 9.35 Å². The van der Waals surface area contributed by atoms with Gasteiger partial charge in [-0.25, -0.2) is 4.98 Å². The first-order valence-corrected chi connectivity index (χ1v) is 18.4. The lowest BCUT2D eigenvalue weighted by Gasteiger charge is -2.44. The Bertz CT molecular complexity index is 1620. The normalized spacial score (nSPS) is 14.5. The number of hydrogen-bond acceptors (Lipinski definition) is 5. The van der Waals surface area contributed by atoms with Crippen molar-refractivity contribution < 1.29 is 8.98 Å². The molecule has 0 bridgehead atoms. The molecular formula is C36H49N3O3SSi. The number of nitrogens with one attached hydrogen (secondary N) is 1. The lowest BCUT2D eigenvalue weighted by atomic mass is 9.92. The highest BCUT2D eigenvalue weighted by atomic mass is 32.2. The molecule has 1 unspecified atom stereocenters. The van der Waals surface area contributed by atoms with Crippen molar-refractivity contribution in [1.29, 1.82) is 0 Å². The van der Waals surface area contributed by atoms with Crippen LogP contribution in [0.5, 0.6) is 0 Å². The monoisotopic (exact) mass is 631 g/mol. The Morgan fingerprint density at radius 1 is 0.932 bits per heavy atom. The third kappa shape index (κ3) is 6.60. The molecule has 3 aromatic carbocycles. The standard InChI is InChI=1S/C36H49N3O3SSi/c1-25-22-29(26(2)38-43(41)34(3,4)5)31-30(23-25)32(40)39(11)33(37-31)36(9,10)24-42-44(35(6,7)8,27-18-14-12-15-19-27)28-20-16-13-17-21-28/h12-23,26,38H,24H2,1-11H3/t26?,43-/m1/s1. The molecule has 0 aliphatic rings. The molecule has 0 aliphatic heterocycles. The molecule has 0 spiro atoms. The van der Waals surface area contributed by atoms with E-state index in [2.05, 4.69) is 87.9 Å². The Balaban J connectivity index is 1.84. The maximum atomic E-state index is 13.9. The maximum absolute atomic E-state index is 13.9. The van der Waals surface area contributed by atoms with Gasteiger partial charge in [-0.2, -0.15) is 0 Å². The molecule has 1 aromatic heterocycles. The fourth-order valence-corrected chi connectivity index (χ4v) is 11.5. The van der Waals surface area contributed by atoms with Crippen LogP contribution in [0.15, 0.2) is 77.6 Å². The molecule has 4 aromatic rings. The summed E-state index contributed by atoms with van der Waals surface area (Å²) in [5.41, 5.74) is 1.75. The van der Waals surface area contributed by atoms with E-state index in [1.165, 1.54) is 10.4 Å². The Hall–Kier alpha value is -2.75. The van der Waals surface area contributed by atoms with Gasteiger partial charge in [-0.15, -0.1) is 4.72 Å². The van der Waals surface area contributed by atoms with Crippen molar-refractivity contribution in [2.45, 2.75) is 90.5 Å². The second-order valence-electron chi connectivity index (χ2n) is 14.6. The van der Waals surface area contributed by atoms with Crippen LogP contribution in [0.3, 0.4) is 0 Å². The number of aromatic nitrogens is 2. The first kappa shape index (κ1) is 34.1. The second kappa shape index (κ2) is 12.6. The van der Waals surface area contributed by atoms with Gasteiger partial charge in [0.1, 0.15) is 10.6 Å². The first-order valence-electron chi connectivity index (χ1n) is 15.3. The molecule has 1 heterocycles. The Labute approximate surface area is 267 Å². The van der Waals surface area contributed by atoms with E-state index in [1.54, 1.807) is 11.6 Å². The topological polar surface area (TPSA) is 79.2 Å². The van der Waals surface area contributed by atoms with Crippen LogP contribution < -0.4 is 20.7 Å². The molecule has 0 aliphatic carbocycles. The molecule has 1 N–H and O–H groups in total. The summed E-state index contributed by atoms with van der Waals surface area (Å²) >= 11 is -1.28. The molecule has 236 valence electrons. The van der Waals surface area contributed by atoms with Crippen molar-refractivity contribution >= 4 is 41.0 Å². The number of fused-ring (bicyclic) bond motifs is 1. The van der Waals surface area contributed by atoms with E-state index in [1.807, 2.05) is 58.9 Å². The highest BCUT2D eigenvalue weighted by Crippen LogP contribution is 2.38. The zero-order chi connectivity index (χ0) is 32.7. The molecule has 8 heteroatoms. The van der Waals surface area contributed by atoms with E-state index in [0.29, 0.717) is 23.3 Å². The van der Waals surface area contributed by atoms with Gasteiger partial charge in [0, 0.05) is 36.0 Å². The van der Waals surface area contributed by atoms with Gasteiger partial charge in [0.15, 0.2) is 0 Å². The number of rotatable bonds is 9. The highest BCUT2D eigenvalue weighted by molar-refractivity contribution is 7.90. The van der Waals surface area contributed by atoms with E-state index >= 15 is 0 Å². The number of hydrogen-bond donors (Lipinski definition) is 1. The Kier molecular flexibility index (Phi) is 9.74. The van der Waals surface area contributed by atoms with Crippen LogP contribution in [-0.2, 0) is 28.3 Å². The molecular weight excluding hydrogens is 583 g/mol. The van der Waals surface area contributed by atoms with Crippen LogP contribution in [-0.4, -0.2) is 33.8 Å². The van der Waals surface area contributed by atoms with Crippen molar-refractivity contribution in [3.63, 3.8) is 0 Å². The quantitative estimate of drug-likeness (QED) is 0.176. The predicted octanol–water partition coefficient (Wildman–Crippen LogP) is 6.21. The third-order valence-electron chi connectivity index (χ3n) is 8.33. The molecule has 0 saturated heterocycles. The van der Waals surface area contributed by atoms with Crippen molar-refractivity contribution in [2.24, 2.45) is 7.05 Å². The summed E-state index contributed by atoms with van der Waals surface area (Å²) < 4.78 is 24.8. The van der Waals surface area contributed by atoms with Crippen molar-refractivity contribution in [1.82, 2.24) is 14.3 Å². The fraction of sp³-hybridized carbons (Fsp3) is 0.444. The average Bonchev–Trinajstić information content (AvgIpc) is 2.95. The smallest absolute Gasteiger partial charge is 0.261 e. The van der Waals surface area contributed by atoms with Crippen LogP contribution in [0.2, 0.25) is 5.04 Å². The second-order valence-corrected chi connectivity index (χ2v) is 20.9. The van der Waals surface area contributed by atoms with Crippen LogP contribution in [0.1, 0.15) is 85.3 Å². The third-order valence-corrected chi connectivity index (χ3v) is 15.0. The molecule has 2 atom stereocenters. The summed E-state index contributed by atoms with van der Waals surface area (Å²) in [6.07, 6.45) is 0. The largest absolute Gasteiger partial charge is 0.598 e. The molecule has 44 heavy (non-hydrogen) atoms. The van der Waals surface area contributed by atoms with Crippen molar-refractivity contribution in [3.8, 4) is 0 Å². The predicted molar refractivity (Wildman–Crippen MR) is 188 cm³/mol. The van der Waals surface area contributed by atoms with Crippen LogP contribution >= 0.6 is 0 Å².